The summed E-state index contributed by atoms with van der Waals surface area (Å²) in [6.45, 7) is 0. The Labute approximate surface area is 168 Å². The minimum atomic E-state index is -0.175. The highest BCUT2D eigenvalue weighted by Gasteiger charge is 2.59. The SMILES string of the molecule is O=C1[C@@H]2[C@H](C(=O)N1c1ccc(Oc3ccc4ccccc4c3)cc1)[C@@H]1C=C[C@H]2C1. The number of nitrogens with zero attached hydrogens (tertiary/aromatic N) is 1. The van der Waals surface area contributed by atoms with Crippen molar-refractivity contribution in [2.75, 3.05) is 4.90 Å². The number of hydrogen-bond acceptors (Lipinski definition) is 3. The van der Waals surface area contributed by atoms with Gasteiger partial charge in [-0.2, -0.15) is 0 Å². The van der Waals surface area contributed by atoms with Gasteiger partial charge in [-0.05, 0) is 65.4 Å². The van der Waals surface area contributed by atoms with Crippen LogP contribution in [-0.2, 0) is 9.59 Å². The molecule has 6 rings (SSSR count). The van der Waals surface area contributed by atoms with E-state index in [9.17, 15) is 9.59 Å². The zero-order chi connectivity index (χ0) is 19.5. The Morgan fingerprint density at radius 3 is 2.03 bits per heavy atom. The quantitative estimate of drug-likeness (QED) is 0.477. The third-order valence-electron chi connectivity index (χ3n) is 6.52. The second-order valence-corrected chi connectivity index (χ2v) is 8.12. The number of ether oxygens (including phenoxy) is 1. The summed E-state index contributed by atoms with van der Waals surface area (Å²) >= 11 is 0. The molecule has 4 nitrogen and oxygen atoms in total. The maximum absolute atomic E-state index is 12.9. The lowest BCUT2D eigenvalue weighted by molar-refractivity contribution is -0.123. The van der Waals surface area contributed by atoms with Gasteiger partial charge < -0.3 is 4.74 Å². The predicted molar refractivity (Wildman–Crippen MR) is 111 cm³/mol. The fourth-order valence-corrected chi connectivity index (χ4v) is 5.19. The molecule has 1 saturated heterocycles. The molecule has 3 aromatic rings. The number of amides is 2. The van der Waals surface area contributed by atoms with E-state index in [2.05, 4.69) is 24.3 Å². The van der Waals surface area contributed by atoms with Crippen LogP contribution in [0.25, 0.3) is 10.8 Å². The lowest BCUT2D eigenvalue weighted by atomic mass is 9.85. The molecule has 0 unspecified atom stereocenters. The van der Waals surface area contributed by atoms with Gasteiger partial charge in [0.15, 0.2) is 0 Å². The fourth-order valence-electron chi connectivity index (χ4n) is 5.19. The average molecular weight is 381 g/mol. The molecule has 2 amide bonds. The van der Waals surface area contributed by atoms with Crippen LogP contribution >= 0.6 is 0 Å². The van der Waals surface area contributed by atoms with E-state index >= 15 is 0 Å². The van der Waals surface area contributed by atoms with Crippen molar-refractivity contribution in [1.82, 2.24) is 0 Å². The summed E-state index contributed by atoms with van der Waals surface area (Å²) in [5, 5.41) is 2.28. The van der Waals surface area contributed by atoms with Crippen molar-refractivity contribution in [2.45, 2.75) is 6.42 Å². The Bertz CT molecular complexity index is 1150. The summed E-state index contributed by atoms with van der Waals surface area (Å²) in [4.78, 5) is 27.2. The molecular weight excluding hydrogens is 362 g/mol. The smallest absolute Gasteiger partial charge is 0.238 e. The average Bonchev–Trinajstić information content (AvgIpc) is 3.43. The van der Waals surface area contributed by atoms with Crippen LogP contribution in [0.4, 0.5) is 5.69 Å². The largest absolute Gasteiger partial charge is 0.457 e. The van der Waals surface area contributed by atoms with Crippen molar-refractivity contribution in [1.29, 1.82) is 0 Å². The molecule has 1 saturated carbocycles. The van der Waals surface area contributed by atoms with Gasteiger partial charge in [-0.3, -0.25) is 14.5 Å². The van der Waals surface area contributed by atoms with Gasteiger partial charge in [-0.15, -0.1) is 0 Å². The molecule has 2 aliphatic carbocycles. The van der Waals surface area contributed by atoms with Crippen molar-refractivity contribution >= 4 is 28.3 Å². The fraction of sp³-hybridized carbons (Fsp3) is 0.200. The van der Waals surface area contributed by atoms with Gasteiger partial charge in [0.25, 0.3) is 0 Å². The first-order chi connectivity index (χ1) is 14.2. The first-order valence-corrected chi connectivity index (χ1v) is 10.0. The number of allylic oxidation sites excluding steroid dienone is 2. The molecular formula is C25H19NO3. The molecule has 3 aromatic carbocycles. The van der Waals surface area contributed by atoms with Crippen LogP contribution in [0.3, 0.4) is 0 Å². The van der Waals surface area contributed by atoms with E-state index in [0.717, 1.165) is 22.9 Å². The molecule has 2 bridgehead atoms. The molecule has 4 atom stereocenters. The monoisotopic (exact) mass is 381 g/mol. The molecule has 0 spiro atoms. The molecule has 29 heavy (non-hydrogen) atoms. The summed E-state index contributed by atoms with van der Waals surface area (Å²) in [7, 11) is 0. The van der Waals surface area contributed by atoms with Crippen molar-refractivity contribution in [3.63, 3.8) is 0 Å². The van der Waals surface area contributed by atoms with E-state index in [-0.39, 0.29) is 35.5 Å². The summed E-state index contributed by atoms with van der Waals surface area (Å²) in [5.41, 5.74) is 0.625. The van der Waals surface area contributed by atoms with Gasteiger partial charge in [0.1, 0.15) is 11.5 Å². The van der Waals surface area contributed by atoms with Crippen LogP contribution in [0.5, 0.6) is 11.5 Å². The highest BCUT2D eigenvalue weighted by molar-refractivity contribution is 6.22. The number of fused-ring (bicyclic) bond motifs is 6. The van der Waals surface area contributed by atoms with Crippen LogP contribution in [0.15, 0.2) is 78.9 Å². The summed E-state index contributed by atoms with van der Waals surface area (Å²) in [5.74, 6) is 1.41. The summed E-state index contributed by atoms with van der Waals surface area (Å²) in [6.07, 6.45) is 5.17. The molecule has 3 aliphatic rings. The Hall–Kier alpha value is -3.40. The molecule has 4 heteroatoms. The number of rotatable bonds is 3. The van der Waals surface area contributed by atoms with E-state index in [1.807, 2.05) is 42.5 Å². The van der Waals surface area contributed by atoms with Gasteiger partial charge in [0.05, 0.1) is 17.5 Å². The maximum atomic E-state index is 12.9. The van der Waals surface area contributed by atoms with E-state index in [1.165, 1.54) is 4.90 Å². The van der Waals surface area contributed by atoms with Gasteiger partial charge >= 0.3 is 0 Å². The van der Waals surface area contributed by atoms with Gasteiger partial charge in [0.2, 0.25) is 11.8 Å². The first-order valence-electron chi connectivity index (χ1n) is 10.0. The van der Waals surface area contributed by atoms with Crippen LogP contribution in [0.1, 0.15) is 6.42 Å². The third kappa shape index (κ3) is 2.45. The molecule has 142 valence electrons. The lowest BCUT2D eigenvalue weighted by Crippen LogP contribution is -2.32. The van der Waals surface area contributed by atoms with Crippen LogP contribution in [0.2, 0.25) is 0 Å². The van der Waals surface area contributed by atoms with E-state index in [0.29, 0.717) is 11.4 Å². The molecule has 0 radical (unpaired) electrons. The Morgan fingerprint density at radius 2 is 1.34 bits per heavy atom. The molecule has 1 heterocycles. The predicted octanol–water partition coefficient (Wildman–Crippen LogP) is 4.94. The Kier molecular flexibility index (Phi) is 3.45. The number of imide groups is 1. The van der Waals surface area contributed by atoms with Crippen LogP contribution in [0, 0.1) is 23.7 Å². The standard InChI is InChI=1S/C25H19NO3/c27-24-22-17-5-6-18(13-17)23(22)25(28)26(24)19-8-11-20(12-9-19)29-21-10-7-15-3-1-2-4-16(15)14-21/h1-12,14,17-18,22-23H,13H2/t17-,18+,22-,23+. The zero-order valence-corrected chi connectivity index (χ0v) is 15.7. The lowest BCUT2D eigenvalue weighted by Gasteiger charge is -2.17. The molecule has 0 N–H and O–H groups in total. The van der Waals surface area contributed by atoms with Crippen molar-refractivity contribution in [2.24, 2.45) is 23.7 Å². The highest BCUT2D eigenvalue weighted by Crippen LogP contribution is 2.53. The first kappa shape index (κ1) is 16.5. The second kappa shape index (κ2) is 6.05. The molecule has 1 aliphatic heterocycles. The van der Waals surface area contributed by atoms with Gasteiger partial charge in [0, 0.05) is 0 Å². The maximum Gasteiger partial charge on any atom is 0.238 e. The number of carbonyl (C=O) groups is 2. The minimum Gasteiger partial charge on any atom is -0.457 e. The van der Waals surface area contributed by atoms with E-state index < -0.39 is 0 Å². The van der Waals surface area contributed by atoms with E-state index in [1.54, 1.807) is 12.1 Å². The molecule has 0 aromatic heterocycles. The van der Waals surface area contributed by atoms with Gasteiger partial charge in [-0.25, -0.2) is 0 Å². The Morgan fingerprint density at radius 1 is 0.724 bits per heavy atom. The van der Waals surface area contributed by atoms with Crippen LogP contribution in [-0.4, -0.2) is 11.8 Å². The van der Waals surface area contributed by atoms with E-state index in [4.69, 9.17) is 4.74 Å². The van der Waals surface area contributed by atoms with Crippen LogP contribution < -0.4 is 9.64 Å². The van der Waals surface area contributed by atoms with Crippen molar-refractivity contribution in [3.05, 3.63) is 78.9 Å². The Balaban J connectivity index is 1.24. The highest BCUT2D eigenvalue weighted by atomic mass is 16.5. The number of anilines is 1. The topological polar surface area (TPSA) is 46.6 Å². The number of carbonyl (C=O) groups excluding carboxylic acids is 2. The van der Waals surface area contributed by atoms with Crippen molar-refractivity contribution < 1.29 is 14.3 Å². The summed E-state index contributed by atoms with van der Waals surface area (Å²) < 4.78 is 5.98. The normalized spacial score (nSPS) is 27.1. The number of hydrogen-bond donors (Lipinski definition) is 0. The summed E-state index contributed by atoms with van der Waals surface area (Å²) in [6, 6.07) is 21.3. The molecule has 2 fully saturated rings. The van der Waals surface area contributed by atoms with Crippen molar-refractivity contribution in [3.8, 4) is 11.5 Å². The van der Waals surface area contributed by atoms with Gasteiger partial charge in [-0.1, -0.05) is 42.5 Å². The number of benzene rings is 3. The minimum absolute atomic E-state index is 0.0555. The second-order valence-electron chi connectivity index (χ2n) is 8.12. The third-order valence-corrected chi connectivity index (χ3v) is 6.52. The zero-order valence-electron chi connectivity index (χ0n) is 15.7.